The summed E-state index contributed by atoms with van der Waals surface area (Å²) < 4.78 is 11.8. The number of methoxy groups -OCH3 is 1. The van der Waals surface area contributed by atoms with Crippen LogP contribution in [0.1, 0.15) is 88.4 Å². The standard InChI is InChI=1S/C22H40NO.C8H6Cl2O3/c1-5-6-7-8-9-10-11-12-13-17-20-23(3,4)21(2)24-22-18-15-14-16-19-22;1-13-7-5(10)3-2-4(9)6(7)8(11)12/h14-16,18-19,21H,5-13,17,20H2,1-4H3;2-3H,1H3,(H,11,12)/q+1;/p-1. The monoisotopic (exact) mass is 553 g/mol. The Bertz CT molecular complexity index is 906. The lowest BCUT2D eigenvalue weighted by Crippen LogP contribution is -2.50. The van der Waals surface area contributed by atoms with Crippen LogP contribution in [-0.2, 0) is 0 Å². The predicted octanol–water partition coefficient (Wildman–Crippen LogP) is 7.77. The summed E-state index contributed by atoms with van der Waals surface area (Å²) in [6, 6.07) is 13.0. The summed E-state index contributed by atoms with van der Waals surface area (Å²) in [7, 11) is 5.87. The van der Waals surface area contributed by atoms with Gasteiger partial charge in [-0.2, -0.15) is 0 Å². The molecule has 2 rings (SSSR count). The number of halogens is 2. The summed E-state index contributed by atoms with van der Waals surface area (Å²) in [5.41, 5.74) is -0.225. The summed E-state index contributed by atoms with van der Waals surface area (Å²) in [4.78, 5) is 10.6. The van der Waals surface area contributed by atoms with Crippen LogP contribution in [0.5, 0.6) is 11.5 Å². The second kappa shape index (κ2) is 18.3. The minimum absolute atomic E-state index is 0.0224. The predicted molar refractivity (Wildman–Crippen MR) is 153 cm³/mol. The van der Waals surface area contributed by atoms with E-state index in [1.165, 1.54) is 90.0 Å². The molecule has 0 saturated carbocycles. The van der Waals surface area contributed by atoms with Crippen molar-refractivity contribution < 1.29 is 23.9 Å². The third-order valence-corrected chi connectivity index (χ3v) is 7.20. The molecule has 0 radical (unpaired) electrons. The van der Waals surface area contributed by atoms with Crippen molar-refractivity contribution in [2.45, 2.75) is 84.3 Å². The molecule has 0 N–H and O–H groups in total. The molecule has 37 heavy (non-hydrogen) atoms. The van der Waals surface area contributed by atoms with Gasteiger partial charge in [-0.05, 0) is 37.1 Å². The number of nitrogens with zero attached hydrogens (tertiary/aromatic N) is 1. The highest BCUT2D eigenvalue weighted by molar-refractivity contribution is 6.36. The Morgan fingerprint density at radius 1 is 0.865 bits per heavy atom. The molecule has 0 saturated heterocycles. The van der Waals surface area contributed by atoms with E-state index in [0.717, 1.165) is 10.2 Å². The van der Waals surface area contributed by atoms with Crippen molar-refractivity contribution in [3.05, 3.63) is 58.1 Å². The van der Waals surface area contributed by atoms with Crippen molar-refractivity contribution in [1.82, 2.24) is 0 Å². The van der Waals surface area contributed by atoms with E-state index >= 15 is 0 Å². The average molecular weight is 555 g/mol. The van der Waals surface area contributed by atoms with Gasteiger partial charge in [0.2, 0.25) is 6.23 Å². The topological polar surface area (TPSA) is 58.6 Å². The van der Waals surface area contributed by atoms with Gasteiger partial charge in [0.1, 0.15) is 11.5 Å². The van der Waals surface area contributed by atoms with Crippen LogP contribution in [-0.4, -0.2) is 44.4 Å². The summed E-state index contributed by atoms with van der Waals surface area (Å²) in [6.45, 7) is 5.65. The fourth-order valence-corrected chi connectivity index (χ4v) is 4.41. The largest absolute Gasteiger partial charge is 0.545 e. The highest BCUT2D eigenvalue weighted by atomic mass is 35.5. The molecule has 0 bridgehead atoms. The van der Waals surface area contributed by atoms with Crippen molar-refractivity contribution in [2.75, 3.05) is 27.7 Å². The summed E-state index contributed by atoms with van der Waals surface area (Å²) >= 11 is 11.3. The molecule has 0 fully saturated rings. The fraction of sp³-hybridized carbons (Fsp3) is 0.567. The number of benzene rings is 2. The maximum atomic E-state index is 10.6. The summed E-state index contributed by atoms with van der Waals surface area (Å²) in [6.07, 6.45) is 14.1. The Balaban J connectivity index is 0.000000442. The minimum Gasteiger partial charge on any atom is -0.545 e. The van der Waals surface area contributed by atoms with Gasteiger partial charge in [0.15, 0.2) is 0 Å². The molecule has 7 heteroatoms. The molecule has 2 aromatic carbocycles. The third-order valence-electron chi connectivity index (χ3n) is 6.59. The molecular formula is C30H45Cl2NO4. The zero-order chi connectivity index (χ0) is 27.7. The molecule has 0 aliphatic rings. The van der Waals surface area contributed by atoms with Gasteiger partial charge >= 0.3 is 0 Å². The number of carbonyl (C=O) groups is 1. The van der Waals surface area contributed by atoms with Gasteiger partial charge in [0, 0.05) is 6.92 Å². The molecule has 2 aromatic rings. The molecule has 0 aliphatic heterocycles. The molecule has 208 valence electrons. The average Bonchev–Trinajstić information content (AvgIpc) is 2.87. The van der Waals surface area contributed by atoms with Crippen LogP contribution in [0.2, 0.25) is 10.0 Å². The highest BCUT2D eigenvalue weighted by Gasteiger charge is 2.24. The van der Waals surface area contributed by atoms with E-state index in [2.05, 4.69) is 27.9 Å². The number of ether oxygens (including phenoxy) is 2. The van der Waals surface area contributed by atoms with Crippen molar-refractivity contribution in [3.8, 4) is 11.5 Å². The number of para-hydroxylation sites is 1. The smallest absolute Gasteiger partial charge is 0.230 e. The number of carboxylic acid groups (broad SMARTS) is 1. The van der Waals surface area contributed by atoms with Crippen LogP contribution < -0.4 is 14.6 Å². The lowest BCUT2D eigenvalue weighted by molar-refractivity contribution is -0.931. The Morgan fingerprint density at radius 3 is 1.86 bits per heavy atom. The van der Waals surface area contributed by atoms with Crippen molar-refractivity contribution >= 4 is 29.2 Å². The fourth-order valence-electron chi connectivity index (χ4n) is 3.95. The molecule has 0 amide bonds. The first-order valence-corrected chi connectivity index (χ1v) is 14.2. The number of hydrogen-bond acceptors (Lipinski definition) is 4. The van der Waals surface area contributed by atoms with E-state index in [4.69, 9.17) is 32.7 Å². The number of hydrogen-bond donors (Lipinski definition) is 0. The Morgan fingerprint density at radius 2 is 1.38 bits per heavy atom. The van der Waals surface area contributed by atoms with Gasteiger partial charge < -0.3 is 19.4 Å². The minimum atomic E-state index is -1.41. The summed E-state index contributed by atoms with van der Waals surface area (Å²) in [5, 5.41) is 10.8. The van der Waals surface area contributed by atoms with Crippen LogP contribution in [0.25, 0.3) is 0 Å². The second-order valence-electron chi connectivity index (χ2n) is 9.94. The number of rotatable bonds is 16. The zero-order valence-corrected chi connectivity index (χ0v) is 24.7. The van der Waals surface area contributed by atoms with Gasteiger partial charge in [-0.3, -0.25) is 4.48 Å². The van der Waals surface area contributed by atoms with Crippen LogP contribution in [0.4, 0.5) is 0 Å². The van der Waals surface area contributed by atoms with Crippen LogP contribution in [0.15, 0.2) is 42.5 Å². The quantitative estimate of drug-likeness (QED) is 0.121. The lowest BCUT2D eigenvalue weighted by Gasteiger charge is -2.35. The van der Waals surface area contributed by atoms with E-state index in [0.29, 0.717) is 0 Å². The number of unbranched alkanes of at least 4 members (excludes halogenated alkanes) is 9. The first-order valence-electron chi connectivity index (χ1n) is 13.4. The molecule has 5 nitrogen and oxygen atoms in total. The third kappa shape index (κ3) is 12.9. The van der Waals surface area contributed by atoms with E-state index in [-0.39, 0.29) is 27.6 Å². The number of quaternary nitrogens is 1. The molecule has 0 aliphatic carbocycles. The zero-order valence-electron chi connectivity index (χ0n) is 23.2. The van der Waals surface area contributed by atoms with E-state index < -0.39 is 5.97 Å². The first kappa shape index (κ1) is 33.1. The van der Waals surface area contributed by atoms with Gasteiger partial charge in [-0.25, -0.2) is 0 Å². The number of carbonyl (C=O) groups excluding carboxylic acids is 1. The van der Waals surface area contributed by atoms with Gasteiger partial charge in [0.25, 0.3) is 0 Å². The first-order chi connectivity index (χ1) is 17.6. The van der Waals surface area contributed by atoms with Crippen molar-refractivity contribution in [1.29, 1.82) is 0 Å². The molecule has 1 atom stereocenters. The molecular weight excluding hydrogens is 509 g/mol. The molecule has 0 aromatic heterocycles. The highest BCUT2D eigenvalue weighted by Crippen LogP contribution is 2.33. The van der Waals surface area contributed by atoms with Gasteiger partial charge in [-0.15, -0.1) is 0 Å². The Labute approximate surface area is 234 Å². The van der Waals surface area contributed by atoms with E-state index in [1.807, 2.05) is 30.3 Å². The second-order valence-corrected chi connectivity index (χ2v) is 10.8. The van der Waals surface area contributed by atoms with Gasteiger partial charge in [-0.1, -0.05) is 99.7 Å². The summed E-state index contributed by atoms with van der Waals surface area (Å²) in [5.74, 6) is -0.419. The van der Waals surface area contributed by atoms with Crippen LogP contribution >= 0.6 is 23.2 Å². The van der Waals surface area contributed by atoms with Gasteiger partial charge in [0.05, 0.1) is 49.3 Å². The maximum Gasteiger partial charge on any atom is 0.230 e. The van der Waals surface area contributed by atoms with Crippen LogP contribution in [0, 0.1) is 0 Å². The normalized spacial score (nSPS) is 11.9. The SMILES string of the molecule is CCCCCCCCCCCC[N+](C)(C)C(C)Oc1ccccc1.COc1c(Cl)ccc(Cl)c1C(=O)[O-]. The number of carboxylic acids is 1. The van der Waals surface area contributed by atoms with E-state index in [1.54, 1.807) is 0 Å². The Hall–Kier alpha value is -1.95. The molecule has 0 spiro atoms. The molecule has 1 unspecified atom stereocenters. The van der Waals surface area contributed by atoms with Crippen LogP contribution in [0.3, 0.4) is 0 Å². The van der Waals surface area contributed by atoms with Crippen molar-refractivity contribution in [2.24, 2.45) is 0 Å². The number of aromatic carboxylic acids is 1. The molecule has 0 heterocycles. The van der Waals surface area contributed by atoms with Crippen molar-refractivity contribution in [3.63, 3.8) is 0 Å². The maximum absolute atomic E-state index is 10.6. The Kier molecular flexibility index (Phi) is 16.4. The van der Waals surface area contributed by atoms with E-state index in [9.17, 15) is 9.90 Å². The lowest BCUT2D eigenvalue weighted by atomic mass is 10.1.